The van der Waals surface area contributed by atoms with Gasteiger partial charge in [-0.3, -0.25) is 14.9 Å². The lowest BCUT2D eigenvalue weighted by Gasteiger charge is -2.11. The lowest BCUT2D eigenvalue weighted by atomic mass is 10.1. The van der Waals surface area contributed by atoms with Crippen LogP contribution in [0.25, 0.3) is 0 Å². The Morgan fingerprint density at radius 1 is 1.61 bits per heavy atom. The smallest absolute Gasteiger partial charge is 0.311 e. The van der Waals surface area contributed by atoms with E-state index in [1.807, 2.05) is 0 Å². The summed E-state index contributed by atoms with van der Waals surface area (Å²) in [7, 11) is 0. The molecule has 0 saturated heterocycles. The van der Waals surface area contributed by atoms with E-state index in [9.17, 15) is 14.9 Å². The number of rotatable bonds is 5. The van der Waals surface area contributed by atoms with Crippen LogP contribution in [0.4, 0.5) is 11.5 Å². The van der Waals surface area contributed by atoms with Crippen LogP contribution in [0.3, 0.4) is 0 Å². The van der Waals surface area contributed by atoms with Crippen LogP contribution >= 0.6 is 0 Å². The van der Waals surface area contributed by atoms with Crippen molar-refractivity contribution < 1.29 is 14.8 Å². The SMILES string of the molecule is Cc1ccc([N+](=O)[O-])c(NCC2(C(=O)O)CC2)n1. The Morgan fingerprint density at radius 3 is 2.78 bits per heavy atom. The zero-order chi connectivity index (χ0) is 13.3. The molecule has 2 rings (SSSR count). The third-order valence-corrected chi connectivity index (χ3v) is 3.11. The quantitative estimate of drug-likeness (QED) is 0.607. The van der Waals surface area contributed by atoms with Crippen molar-refractivity contribution in [2.45, 2.75) is 19.8 Å². The number of nitrogens with zero attached hydrogens (tertiary/aromatic N) is 2. The highest BCUT2D eigenvalue weighted by Crippen LogP contribution is 2.46. The Morgan fingerprint density at radius 2 is 2.28 bits per heavy atom. The molecule has 0 aliphatic heterocycles. The minimum Gasteiger partial charge on any atom is -0.481 e. The van der Waals surface area contributed by atoms with Crippen LogP contribution in [-0.2, 0) is 4.79 Å². The van der Waals surface area contributed by atoms with Crippen LogP contribution in [0, 0.1) is 22.5 Å². The first-order valence-electron chi connectivity index (χ1n) is 5.54. The summed E-state index contributed by atoms with van der Waals surface area (Å²) in [4.78, 5) is 25.3. The fourth-order valence-electron chi connectivity index (χ4n) is 1.70. The second-order valence-electron chi connectivity index (χ2n) is 4.52. The molecule has 0 spiro atoms. The summed E-state index contributed by atoms with van der Waals surface area (Å²) in [5.74, 6) is -0.738. The molecule has 0 unspecified atom stereocenters. The van der Waals surface area contributed by atoms with Crippen molar-refractivity contribution in [2.24, 2.45) is 5.41 Å². The summed E-state index contributed by atoms with van der Waals surface area (Å²) in [6.07, 6.45) is 1.18. The molecule has 1 aliphatic rings. The number of carboxylic acid groups (broad SMARTS) is 1. The van der Waals surface area contributed by atoms with E-state index in [1.54, 1.807) is 13.0 Å². The highest BCUT2D eigenvalue weighted by atomic mass is 16.6. The standard InChI is InChI=1S/C11H13N3O4/c1-7-2-3-8(14(17)18)9(13-7)12-6-11(4-5-11)10(15)16/h2-3H,4-6H2,1H3,(H,12,13)(H,15,16). The maximum atomic E-state index is 11.0. The van der Waals surface area contributed by atoms with E-state index in [1.165, 1.54) is 6.07 Å². The second kappa shape index (κ2) is 4.25. The van der Waals surface area contributed by atoms with Crippen LogP contribution in [0.5, 0.6) is 0 Å². The Balaban J connectivity index is 2.16. The Kier molecular flexibility index (Phi) is 2.90. The Hall–Kier alpha value is -2.18. The number of nitro groups is 1. The van der Waals surface area contributed by atoms with Crippen LogP contribution in [0.1, 0.15) is 18.5 Å². The average molecular weight is 251 g/mol. The Bertz CT molecular complexity index is 511. The third kappa shape index (κ3) is 2.24. The van der Waals surface area contributed by atoms with E-state index < -0.39 is 16.3 Å². The van der Waals surface area contributed by atoms with Crippen molar-refractivity contribution in [1.29, 1.82) is 0 Å². The van der Waals surface area contributed by atoms with Crippen molar-refractivity contribution >= 4 is 17.5 Å². The molecular formula is C11H13N3O4. The normalized spacial score (nSPS) is 16.1. The van der Waals surface area contributed by atoms with Gasteiger partial charge in [0.05, 0.1) is 10.3 Å². The molecule has 0 bridgehead atoms. The van der Waals surface area contributed by atoms with E-state index in [2.05, 4.69) is 10.3 Å². The van der Waals surface area contributed by atoms with E-state index in [4.69, 9.17) is 5.11 Å². The second-order valence-corrected chi connectivity index (χ2v) is 4.52. The van der Waals surface area contributed by atoms with Gasteiger partial charge in [-0.2, -0.15) is 0 Å². The van der Waals surface area contributed by atoms with Gasteiger partial charge in [-0.1, -0.05) is 0 Å². The molecule has 1 heterocycles. The fraction of sp³-hybridized carbons (Fsp3) is 0.455. The molecule has 7 heteroatoms. The van der Waals surface area contributed by atoms with E-state index in [0.29, 0.717) is 18.5 Å². The molecule has 0 amide bonds. The molecule has 0 aromatic carbocycles. The molecule has 0 atom stereocenters. The number of hydrogen-bond acceptors (Lipinski definition) is 5. The molecule has 1 aromatic rings. The van der Waals surface area contributed by atoms with E-state index >= 15 is 0 Å². The number of nitrogens with one attached hydrogen (secondary N) is 1. The number of carboxylic acids is 1. The zero-order valence-corrected chi connectivity index (χ0v) is 9.84. The van der Waals surface area contributed by atoms with E-state index in [0.717, 1.165) is 0 Å². The molecule has 0 radical (unpaired) electrons. The maximum Gasteiger partial charge on any atom is 0.311 e. The lowest BCUT2D eigenvalue weighted by molar-refractivity contribution is -0.384. The first-order valence-corrected chi connectivity index (χ1v) is 5.54. The van der Waals surface area contributed by atoms with Gasteiger partial charge in [-0.05, 0) is 25.8 Å². The molecular weight excluding hydrogens is 238 g/mol. The van der Waals surface area contributed by atoms with Gasteiger partial charge in [-0.25, -0.2) is 4.98 Å². The van der Waals surface area contributed by atoms with Crippen LogP contribution in [-0.4, -0.2) is 27.5 Å². The summed E-state index contributed by atoms with van der Waals surface area (Å²) in [5, 5.41) is 22.6. The molecule has 1 saturated carbocycles. The van der Waals surface area contributed by atoms with Crippen molar-refractivity contribution in [1.82, 2.24) is 4.98 Å². The minimum atomic E-state index is -0.870. The number of aromatic nitrogens is 1. The number of aryl methyl sites for hydroxylation is 1. The highest BCUT2D eigenvalue weighted by Gasteiger charge is 2.50. The average Bonchev–Trinajstić information content (AvgIpc) is 3.07. The molecule has 1 fully saturated rings. The number of aliphatic carboxylic acids is 1. The minimum absolute atomic E-state index is 0.132. The summed E-state index contributed by atoms with van der Waals surface area (Å²) < 4.78 is 0. The van der Waals surface area contributed by atoms with Gasteiger partial charge in [0.2, 0.25) is 5.82 Å². The van der Waals surface area contributed by atoms with Crippen molar-refractivity contribution in [3.63, 3.8) is 0 Å². The third-order valence-electron chi connectivity index (χ3n) is 3.11. The number of pyridine rings is 1. The highest BCUT2D eigenvalue weighted by molar-refractivity contribution is 5.78. The van der Waals surface area contributed by atoms with Gasteiger partial charge in [0.25, 0.3) is 0 Å². The number of carbonyl (C=O) groups is 1. The van der Waals surface area contributed by atoms with Gasteiger partial charge >= 0.3 is 11.7 Å². The van der Waals surface area contributed by atoms with Crippen molar-refractivity contribution in [3.05, 3.63) is 27.9 Å². The molecule has 18 heavy (non-hydrogen) atoms. The van der Waals surface area contributed by atoms with Crippen LogP contribution in [0.2, 0.25) is 0 Å². The zero-order valence-electron chi connectivity index (χ0n) is 9.84. The van der Waals surface area contributed by atoms with Gasteiger partial charge in [0.1, 0.15) is 0 Å². The van der Waals surface area contributed by atoms with Crippen molar-refractivity contribution in [3.8, 4) is 0 Å². The topological polar surface area (TPSA) is 105 Å². The summed E-state index contributed by atoms with van der Waals surface area (Å²) >= 11 is 0. The van der Waals surface area contributed by atoms with Crippen molar-refractivity contribution in [2.75, 3.05) is 11.9 Å². The largest absolute Gasteiger partial charge is 0.481 e. The summed E-state index contributed by atoms with van der Waals surface area (Å²) in [6.45, 7) is 1.89. The number of hydrogen-bond donors (Lipinski definition) is 2. The van der Waals surface area contributed by atoms with Gasteiger partial charge in [-0.15, -0.1) is 0 Å². The molecule has 96 valence electrons. The molecule has 1 aromatic heterocycles. The molecule has 2 N–H and O–H groups in total. The first kappa shape index (κ1) is 12.3. The predicted octanol–water partition coefficient (Wildman–Crippen LogP) is 1.57. The van der Waals surface area contributed by atoms with Gasteiger partial charge in [0, 0.05) is 18.3 Å². The maximum absolute atomic E-state index is 11.0. The van der Waals surface area contributed by atoms with E-state index in [-0.39, 0.29) is 18.1 Å². The first-order chi connectivity index (χ1) is 8.44. The van der Waals surface area contributed by atoms with Crippen LogP contribution in [0.15, 0.2) is 12.1 Å². The monoisotopic (exact) mass is 251 g/mol. The summed E-state index contributed by atoms with van der Waals surface area (Å²) in [5.41, 5.74) is -0.274. The van der Waals surface area contributed by atoms with Gasteiger partial charge < -0.3 is 10.4 Å². The number of anilines is 1. The Labute approximate surface area is 103 Å². The predicted molar refractivity (Wildman–Crippen MR) is 63.4 cm³/mol. The molecule has 7 nitrogen and oxygen atoms in total. The lowest BCUT2D eigenvalue weighted by Crippen LogP contribution is -2.25. The van der Waals surface area contributed by atoms with Gasteiger partial charge in [0.15, 0.2) is 0 Å². The summed E-state index contributed by atoms with van der Waals surface area (Å²) in [6, 6.07) is 2.92. The van der Waals surface area contributed by atoms with Crippen LogP contribution < -0.4 is 5.32 Å². The molecule has 1 aliphatic carbocycles. The fourth-order valence-corrected chi connectivity index (χ4v) is 1.70.